The van der Waals surface area contributed by atoms with Crippen LogP contribution in [0.25, 0.3) is 0 Å². The van der Waals surface area contributed by atoms with E-state index in [0.29, 0.717) is 6.54 Å². The molecule has 0 saturated carbocycles. The van der Waals surface area contributed by atoms with E-state index in [-0.39, 0.29) is 0 Å². The van der Waals surface area contributed by atoms with Gasteiger partial charge in [-0.1, -0.05) is 0 Å². The third-order valence-corrected chi connectivity index (χ3v) is 2.45. The van der Waals surface area contributed by atoms with Crippen molar-refractivity contribution in [3.8, 4) is 0 Å². The Balaban J connectivity index is 2.70. The fourth-order valence-electron chi connectivity index (χ4n) is 1.17. The van der Waals surface area contributed by atoms with Crippen LogP contribution in [0, 0.1) is 13.8 Å². The number of hydrogen-bond donors (Lipinski definition) is 2. The van der Waals surface area contributed by atoms with Crippen LogP contribution in [0.15, 0.2) is 6.07 Å². The third kappa shape index (κ3) is 3.20. The maximum Gasteiger partial charge on any atom is 0.209 e. The molecule has 74 valence electrons. The lowest BCUT2D eigenvalue weighted by molar-refractivity contribution is 0.587. The number of aromatic amines is 1. The van der Waals surface area contributed by atoms with Gasteiger partial charge in [-0.2, -0.15) is 0 Å². The Morgan fingerprint density at radius 1 is 1.46 bits per heavy atom. The van der Waals surface area contributed by atoms with Gasteiger partial charge in [0, 0.05) is 17.9 Å². The Hall–Kier alpha value is -0.810. The van der Waals surface area contributed by atoms with E-state index in [2.05, 4.69) is 9.71 Å². The standard InChI is InChI=1S/C8H14N2O2S/c1-6-4-8(7(2)10-6)5-9-13(3,11)12/h4,9-10H,5H2,1-3H3. The van der Waals surface area contributed by atoms with Crippen molar-refractivity contribution in [1.29, 1.82) is 0 Å². The summed E-state index contributed by atoms with van der Waals surface area (Å²) in [5.74, 6) is 0. The highest BCUT2D eigenvalue weighted by molar-refractivity contribution is 7.88. The maximum atomic E-state index is 10.8. The van der Waals surface area contributed by atoms with Crippen LogP contribution in [0.3, 0.4) is 0 Å². The molecule has 0 aliphatic rings. The molecule has 2 N–H and O–H groups in total. The quantitative estimate of drug-likeness (QED) is 0.757. The summed E-state index contributed by atoms with van der Waals surface area (Å²) in [4.78, 5) is 3.11. The average Bonchev–Trinajstić information content (AvgIpc) is 2.24. The number of H-pyrrole nitrogens is 1. The number of hydrogen-bond acceptors (Lipinski definition) is 2. The largest absolute Gasteiger partial charge is 0.362 e. The first-order valence-corrected chi connectivity index (χ1v) is 5.87. The summed E-state index contributed by atoms with van der Waals surface area (Å²) in [6.45, 7) is 4.22. The molecule has 0 fully saturated rings. The Morgan fingerprint density at radius 3 is 2.46 bits per heavy atom. The molecule has 0 aromatic carbocycles. The first-order chi connectivity index (χ1) is 5.88. The first-order valence-electron chi connectivity index (χ1n) is 3.98. The van der Waals surface area contributed by atoms with Gasteiger partial charge in [0.05, 0.1) is 6.26 Å². The third-order valence-electron chi connectivity index (χ3n) is 1.78. The predicted octanol–water partition coefficient (Wildman–Crippen LogP) is 0.681. The van der Waals surface area contributed by atoms with Gasteiger partial charge < -0.3 is 4.98 Å². The van der Waals surface area contributed by atoms with E-state index in [4.69, 9.17) is 0 Å². The minimum absolute atomic E-state index is 0.356. The molecule has 13 heavy (non-hydrogen) atoms. The molecule has 0 unspecified atom stereocenters. The van der Waals surface area contributed by atoms with Crippen LogP contribution >= 0.6 is 0 Å². The van der Waals surface area contributed by atoms with Crippen molar-refractivity contribution >= 4 is 10.0 Å². The van der Waals surface area contributed by atoms with Crippen LogP contribution in [-0.2, 0) is 16.6 Å². The second-order valence-electron chi connectivity index (χ2n) is 3.20. The first kappa shape index (κ1) is 10.3. The molecule has 0 radical (unpaired) electrons. The number of sulfonamides is 1. The topological polar surface area (TPSA) is 62.0 Å². The summed E-state index contributed by atoms with van der Waals surface area (Å²) in [5, 5.41) is 0. The normalized spacial score (nSPS) is 11.9. The van der Waals surface area contributed by atoms with Gasteiger partial charge >= 0.3 is 0 Å². The monoisotopic (exact) mass is 202 g/mol. The van der Waals surface area contributed by atoms with E-state index < -0.39 is 10.0 Å². The van der Waals surface area contributed by atoms with E-state index in [1.807, 2.05) is 19.9 Å². The van der Waals surface area contributed by atoms with E-state index >= 15 is 0 Å². The fourth-order valence-corrected chi connectivity index (χ4v) is 1.59. The molecule has 1 heterocycles. The van der Waals surface area contributed by atoms with Crippen LogP contribution in [0.4, 0.5) is 0 Å². The van der Waals surface area contributed by atoms with E-state index in [9.17, 15) is 8.42 Å². The zero-order valence-electron chi connectivity index (χ0n) is 8.01. The minimum atomic E-state index is -3.09. The lowest BCUT2D eigenvalue weighted by Crippen LogP contribution is -2.21. The van der Waals surface area contributed by atoms with Crippen LogP contribution < -0.4 is 4.72 Å². The van der Waals surface area contributed by atoms with Crippen molar-refractivity contribution in [2.45, 2.75) is 20.4 Å². The Kier molecular flexibility index (Phi) is 2.77. The highest BCUT2D eigenvalue weighted by Gasteiger charge is 2.04. The summed E-state index contributed by atoms with van der Waals surface area (Å²) < 4.78 is 24.0. The Bertz CT molecular complexity index is 392. The van der Waals surface area contributed by atoms with Crippen LogP contribution in [0.5, 0.6) is 0 Å². The van der Waals surface area contributed by atoms with Gasteiger partial charge in [-0.25, -0.2) is 13.1 Å². The molecular formula is C8H14N2O2S. The van der Waals surface area contributed by atoms with E-state index in [1.54, 1.807) is 0 Å². The molecule has 1 aromatic heterocycles. The van der Waals surface area contributed by atoms with Gasteiger partial charge in [-0.3, -0.25) is 0 Å². The highest BCUT2D eigenvalue weighted by atomic mass is 32.2. The number of aryl methyl sites for hydroxylation is 2. The second kappa shape index (κ2) is 3.51. The SMILES string of the molecule is Cc1cc(CNS(C)(=O)=O)c(C)[nH]1. The van der Waals surface area contributed by atoms with Gasteiger partial charge in [0.15, 0.2) is 0 Å². The van der Waals surface area contributed by atoms with Gasteiger partial charge in [0.25, 0.3) is 0 Å². The van der Waals surface area contributed by atoms with Gasteiger partial charge in [-0.05, 0) is 25.5 Å². The smallest absolute Gasteiger partial charge is 0.209 e. The second-order valence-corrected chi connectivity index (χ2v) is 5.03. The molecular weight excluding hydrogens is 188 g/mol. The van der Waals surface area contributed by atoms with Crippen molar-refractivity contribution in [3.05, 3.63) is 23.0 Å². The summed E-state index contributed by atoms with van der Waals surface area (Å²) >= 11 is 0. The molecule has 0 amide bonds. The molecule has 0 aliphatic carbocycles. The number of nitrogens with one attached hydrogen (secondary N) is 2. The zero-order valence-corrected chi connectivity index (χ0v) is 8.83. The zero-order chi connectivity index (χ0) is 10.1. The molecule has 0 spiro atoms. The lowest BCUT2D eigenvalue weighted by Gasteiger charge is -2.00. The lowest BCUT2D eigenvalue weighted by atomic mass is 10.2. The van der Waals surface area contributed by atoms with Gasteiger partial charge in [0.1, 0.15) is 0 Å². The van der Waals surface area contributed by atoms with Crippen molar-refractivity contribution in [3.63, 3.8) is 0 Å². The molecule has 1 rings (SSSR count). The van der Waals surface area contributed by atoms with Crippen LogP contribution in [0.1, 0.15) is 17.0 Å². The average molecular weight is 202 g/mol. The van der Waals surface area contributed by atoms with Crippen molar-refractivity contribution in [1.82, 2.24) is 9.71 Å². The van der Waals surface area contributed by atoms with Gasteiger partial charge in [-0.15, -0.1) is 0 Å². The Morgan fingerprint density at radius 2 is 2.08 bits per heavy atom. The minimum Gasteiger partial charge on any atom is -0.362 e. The summed E-state index contributed by atoms with van der Waals surface area (Å²) in [5.41, 5.74) is 3.04. The van der Waals surface area contributed by atoms with E-state index in [1.165, 1.54) is 0 Å². The van der Waals surface area contributed by atoms with E-state index in [0.717, 1.165) is 23.2 Å². The predicted molar refractivity (Wildman–Crippen MR) is 52.0 cm³/mol. The van der Waals surface area contributed by atoms with Crippen LogP contribution in [-0.4, -0.2) is 19.7 Å². The molecule has 0 atom stereocenters. The molecule has 1 aromatic rings. The maximum absolute atomic E-state index is 10.8. The summed E-state index contributed by atoms with van der Waals surface area (Å²) in [6.07, 6.45) is 1.15. The molecule has 5 heteroatoms. The molecule has 0 aliphatic heterocycles. The Labute approximate surface area is 78.4 Å². The summed E-state index contributed by atoms with van der Waals surface area (Å²) in [7, 11) is -3.09. The van der Waals surface area contributed by atoms with Crippen molar-refractivity contribution in [2.75, 3.05) is 6.26 Å². The highest BCUT2D eigenvalue weighted by Crippen LogP contribution is 2.08. The molecule has 0 bridgehead atoms. The van der Waals surface area contributed by atoms with Gasteiger partial charge in [0.2, 0.25) is 10.0 Å². The number of aromatic nitrogens is 1. The van der Waals surface area contributed by atoms with Crippen molar-refractivity contribution in [2.24, 2.45) is 0 Å². The molecule has 4 nitrogen and oxygen atoms in total. The van der Waals surface area contributed by atoms with Crippen LogP contribution in [0.2, 0.25) is 0 Å². The van der Waals surface area contributed by atoms with Crippen molar-refractivity contribution < 1.29 is 8.42 Å². The molecule has 0 saturated heterocycles. The number of rotatable bonds is 3. The summed E-state index contributed by atoms with van der Waals surface area (Å²) in [6, 6.07) is 1.94. The fraction of sp³-hybridized carbons (Fsp3) is 0.500.